The van der Waals surface area contributed by atoms with Gasteiger partial charge in [-0.25, -0.2) is 13.2 Å². The summed E-state index contributed by atoms with van der Waals surface area (Å²) in [7, 11) is 2.73. The second-order valence-electron chi connectivity index (χ2n) is 4.86. The van der Waals surface area contributed by atoms with E-state index < -0.39 is 10.4 Å². The van der Waals surface area contributed by atoms with E-state index in [4.69, 9.17) is 4.74 Å². The highest BCUT2D eigenvalue weighted by molar-refractivity contribution is 7.80. The summed E-state index contributed by atoms with van der Waals surface area (Å²) in [6.07, 6.45) is 0.891. The number of carbonyl (C=O) groups is 1. The van der Waals surface area contributed by atoms with Crippen LogP contribution in [0.4, 0.5) is 0 Å². The van der Waals surface area contributed by atoms with Crippen LogP contribution in [-0.2, 0) is 24.1 Å². The summed E-state index contributed by atoms with van der Waals surface area (Å²) in [6.45, 7) is 6.65. The van der Waals surface area contributed by atoms with Crippen molar-refractivity contribution in [2.75, 3.05) is 41.4 Å². The number of esters is 1. The van der Waals surface area contributed by atoms with E-state index in [1.807, 2.05) is 0 Å². The van der Waals surface area contributed by atoms with Gasteiger partial charge in [0.1, 0.15) is 0 Å². The van der Waals surface area contributed by atoms with Gasteiger partial charge in [-0.15, -0.1) is 0 Å². The molecule has 8 heteroatoms. The molecule has 0 aliphatic heterocycles. The van der Waals surface area contributed by atoms with E-state index in [1.54, 1.807) is 6.92 Å². The molecule has 0 aliphatic rings. The lowest BCUT2D eigenvalue weighted by Crippen LogP contribution is -2.35. The van der Waals surface area contributed by atoms with Crippen LogP contribution in [-0.4, -0.2) is 64.8 Å². The average Bonchev–Trinajstić information content (AvgIpc) is 2.22. The van der Waals surface area contributed by atoms with E-state index in [0.29, 0.717) is 12.2 Å². The van der Waals surface area contributed by atoms with Gasteiger partial charge in [0.15, 0.2) is 0 Å². The Balaban J connectivity index is 0. The van der Waals surface area contributed by atoms with Crippen LogP contribution in [0.2, 0.25) is 0 Å². The minimum atomic E-state index is -4.41. The first kappa shape index (κ1) is 20.4. The second kappa shape index (κ2) is 9.03. The Morgan fingerprint density at radius 2 is 1.74 bits per heavy atom. The fraction of sp³-hybridized carbons (Fsp3) is 0.727. The van der Waals surface area contributed by atoms with Crippen LogP contribution in [0.1, 0.15) is 13.3 Å². The van der Waals surface area contributed by atoms with Crippen LogP contribution in [0.25, 0.3) is 0 Å². The molecule has 0 saturated carbocycles. The molecule has 0 radical (unpaired) electrons. The Morgan fingerprint density at radius 3 is 2.00 bits per heavy atom. The van der Waals surface area contributed by atoms with Gasteiger partial charge in [-0.3, -0.25) is 4.18 Å². The van der Waals surface area contributed by atoms with Crippen LogP contribution in [0.5, 0.6) is 0 Å². The molecule has 0 aromatic heterocycles. The molecule has 0 heterocycles. The number of quaternary nitrogens is 1. The third kappa shape index (κ3) is 19.6. The summed E-state index contributed by atoms with van der Waals surface area (Å²) in [5, 5.41) is 0. The highest BCUT2D eigenvalue weighted by atomic mass is 32.3. The smallest absolute Gasteiger partial charge is 0.333 e. The SMILES string of the molecule is C=C(C)C(=O)OCCC[N+](C)(C)C.COS(=O)(=O)[O-]. The lowest BCUT2D eigenvalue weighted by Gasteiger charge is -2.23. The average molecular weight is 297 g/mol. The van der Waals surface area contributed by atoms with Crippen molar-refractivity contribution in [1.29, 1.82) is 0 Å². The van der Waals surface area contributed by atoms with Gasteiger partial charge in [0.05, 0.1) is 41.4 Å². The number of hydrogen-bond donors (Lipinski definition) is 0. The summed E-state index contributed by atoms with van der Waals surface area (Å²) in [4.78, 5) is 10.9. The number of rotatable bonds is 6. The van der Waals surface area contributed by atoms with Crippen molar-refractivity contribution in [1.82, 2.24) is 0 Å². The predicted molar refractivity (Wildman–Crippen MR) is 70.0 cm³/mol. The topological polar surface area (TPSA) is 92.7 Å². The lowest BCUT2D eigenvalue weighted by atomic mass is 10.3. The minimum Gasteiger partial charge on any atom is -0.726 e. The Morgan fingerprint density at radius 1 is 1.32 bits per heavy atom. The molecular weight excluding hydrogens is 274 g/mol. The maximum atomic E-state index is 10.9. The van der Waals surface area contributed by atoms with Gasteiger partial charge >= 0.3 is 5.97 Å². The zero-order valence-electron chi connectivity index (χ0n) is 12.1. The standard InChI is InChI=1S/C10H20NO2.CH4O4S/c1-9(2)10(12)13-8-6-7-11(3,4)5;1-5-6(2,3)4/h1,6-8H2,2-5H3;1H3,(H,2,3,4)/q+1;/p-1. The van der Waals surface area contributed by atoms with E-state index >= 15 is 0 Å². The molecule has 0 amide bonds. The zero-order chi connectivity index (χ0) is 15.7. The summed E-state index contributed by atoms with van der Waals surface area (Å²) in [5.74, 6) is -0.290. The van der Waals surface area contributed by atoms with E-state index in [-0.39, 0.29) is 5.97 Å². The van der Waals surface area contributed by atoms with E-state index in [0.717, 1.165) is 24.6 Å². The molecule has 0 unspecified atom stereocenters. The maximum Gasteiger partial charge on any atom is 0.333 e. The van der Waals surface area contributed by atoms with Gasteiger partial charge in [-0.1, -0.05) is 6.58 Å². The van der Waals surface area contributed by atoms with E-state index in [2.05, 4.69) is 31.9 Å². The first-order valence-corrected chi connectivity index (χ1v) is 6.87. The van der Waals surface area contributed by atoms with Gasteiger partial charge in [-0.2, -0.15) is 0 Å². The van der Waals surface area contributed by atoms with Crippen LogP contribution in [0, 0.1) is 0 Å². The largest absolute Gasteiger partial charge is 0.726 e. The van der Waals surface area contributed by atoms with Crippen molar-refractivity contribution in [3.8, 4) is 0 Å². The fourth-order valence-electron chi connectivity index (χ4n) is 0.827. The molecule has 0 saturated heterocycles. The molecule has 0 bridgehead atoms. The van der Waals surface area contributed by atoms with Crippen molar-refractivity contribution in [3.05, 3.63) is 12.2 Å². The summed E-state index contributed by atoms with van der Waals surface area (Å²) in [5.41, 5.74) is 0.463. The molecule has 0 aromatic rings. The third-order valence-corrected chi connectivity index (χ3v) is 2.17. The van der Waals surface area contributed by atoms with Gasteiger partial charge in [0.25, 0.3) is 0 Å². The fourth-order valence-corrected chi connectivity index (χ4v) is 0.827. The third-order valence-electron chi connectivity index (χ3n) is 1.76. The van der Waals surface area contributed by atoms with E-state index in [9.17, 15) is 17.8 Å². The molecule has 19 heavy (non-hydrogen) atoms. The van der Waals surface area contributed by atoms with Gasteiger partial charge < -0.3 is 13.8 Å². The normalized spacial score (nSPS) is 11.3. The Kier molecular flexibility index (Phi) is 9.67. The van der Waals surface area contributed by atoms with Crippen LogP contribution < -0.4 is 0 Å². The van der Waals surface area contributed by atoms with Crippen molar-refractivity contribution in [2.24, 2.45) is 0 Å². The highest BCUT2D eigenvalue weighted by Crippen LogP contribution is 1.97. The van der Waals surface area contributed by atoms with Gasteiger partial charge in [0.2, 0.25) is 10.4 Å². The zero-order valence-corrected chi connectivity index (χ0v) is 12.9. The minimum absolute atomic E-state index is 0.290. The predicted octanol–water partition coefficient (Wildman–Crippen LogP) is 0.295. The number of hydrogen-bond acceptors (Lipinski definition) is 6. The van der Waals surface area contributed by atoms with Gasteiger partial charge in [0, 0.05) is 12.0 Å². The Labute approximate surface area is 115 Å². The van der Waals surface area contributed by atoms with Crippen LogP contribution in [0.3, 0.4) is 0 Å². The summed E-state index contributed by atoms with van der Waals surface area (Å²) in [6, 6.07) is 0. The molecule has 0 atom stereocenters. The monoisotopic (exact) mass is 297 g/mol. The molecule has 0 aliphatic carbocycles. The summed E-state index contributed by atoms with van der Waals surface area (Å²) < 4.78 is 36.9. The first-order chi connectivity index (χ1) is 8.39. The molecule has 0 N–H and O–H groups in total. The Hall–Kier alpha value is -0.960. The maximum absolute atomic E-state index is 10.9. The van der Waals surface area contributed by atoms with Crippen LogP contribution >= 0.6 is 0 Å². The Bertz CT molecular complexity index is 382. The molecular formula is C11H23NO6S. The molecule has 7 nitrogen and oxygen atoms in total. The molecule has 0 spiro atoms. The lowest BCUT2D eigenvalue weighted by molar-refractivity contribution is -0.870. The summed E-state index contributed by atoms with van der Waals surface area (Å²) >= 11 is 0. The number of nitrogens with zero attached hydrogens (tertiary/aromatic N) is 1. The van der Waals surface area contributed by atoms with Crippen molar-refractivity contribution in [2.45, 2.75) is 13.3 Å². The highest BCUT2D eigenvalue weighted by Gasteiger charge is 2.07. The van der Waals surface area contributed by atoms with E-state index in [1.165, 1.54) is 0 Å². The molecule has 0 rings (SSSR count). The number of ether oxygens (including phenoxy) is 1. The van der Waals surface area contributed by atoms with Crippen LogP contribution in [0.15, 0.2) is 12.2 Å². The van der Waals surface area contributed by atoms with Crippen molar-refractivity contribution >= 4 is 16.4 Å². The number of carbonyl (C=O) groups excluding carboxylic acids is 1. The first-order valence-electron chi connectivity index (χ1n) is 5.53. The van der Waals surface area contributed by atoms with Gasteiger partial charge in [-0.05, 0) is 6.92 Å². The molecule has 0 fully saturated rings. The second-order valence-corrected chi connectivity index (χ2v) is 6.01. The van der Waals surface area contributed by atoms with Crippen molar-refractivity contribution < 1.29 is 31.2 Å². The quantitative estimate of drug-likeness (QED) is 0.175. The molecule has 114 valence electrons. The molecule has 0 aromatic carbocycles. The van der Waals surface area contributed by atoms with Crippen molar-refractivity contribution in [3.63, 3.8) is 0 Å².